The van der Waals surface area contributed by atoms with Crippen LogP contribution in [0.3, 0.4) is 0 Å². The Labute approximate surface area is 96.7 Å². The Morgan fingerprint density at radius 2 is 1.71 bits per heavy atom. The molecule has 0 aliphatic rings. The van der Waals surface area contributed by atoms with Crippen molar-refractivity contribution < 1.29 is 0 Å². The first-order valence-electron chi connectivity index (χ1n) is 4.50. The van der Waals surface area contributed by atoms with E-state index in [1.165, 1.54) is 14.8 Å². The molecule has 0 atom stereocenters. The SMILES string of the molecule is Cc1nc(C)n2c(C)c(I)c(C)c2n1. The van der Waals surface area contributed by atoms with E-state index >= 15 is 0 Å². The van der Waals surface area contributed by atoms with Gasteiger partial charge >= 0.3 is 0 Å². The molecule has 0 N–H and O–H groups in total. The summed E-state index contributed by atoms with van der Waals surface area (Å²) < 4.78 is 3.40. The maximum absolute atomic E-state index is 4.46. The van der Waals surface area contributed by atoms with Gasteiger partial charge in [-0.1, -0.05) is 0 Å². The number of nitrogens with zero attached hydrogens (tertiary/aromatic N) is 3. The summed E-state index contributed by atoms with van der Waals surface area (Å²) >= 11 is 2.36. The lowest BCUT2D eigenvalue weighted by Crippen LogP contribution is -2.02. The van der Waals surface area contributed by atoms with Gasteiger partial charge in [0.2, 0.25) is 0 Å². The molecule has 0 amide bonds. The van der Waals surface area contributed by atoms with Gasteiger partial charge in [-0.15, -0.1) is 0 Å². The lowest BCUT2D eigenvalue weighted by Gasteiger charge is -2.03. The monoisotopic (exact) mass is 301 g/mol. The van der Waals surface area contributed by atoms with E-state index in [4.69, 9.17) is 0 Å². The molecule has 0 saturated carbocycles. The van der Waals surface area contributed by atoms with E-state index < -0.39 is 0 Å². The van der Waals surface area contributed by atoms with Gasteiger partial charge in [-0.2, -0.15) is 0 Å². The molecule has 14 heavy (non-hydrogen) atoms. The molecule has 3 nitrogen and oxygen atoms in total. The zero-order valence-electron chi connectivity index (χ0n) is 8.72. The summed E-state index contributed by atoms with van der Waals surface area (Å²) in [5, 5.41) is 0. The third-order valence-electron chi connectivity index (χ3n) is 2.44. The van der Waals surface area contributed by atoms with E-state index in [2.05, 4.69) is 50.8 Å². The zero-order chi connectivity index (χ0) is 10.5. The van der Waals surface area contributed by atoms with E-state index in [9.17, 15) is 0 Å². The van der Waals surface area contributed by atoms with Crippen molar-refractivity contribution in [1.29, 1.82) is 0 Å². The van der Waals surface area contributed by atoms with Crippen LogP contribution in [-0.2, 0) is 0 Å². The van der Waals surface area contributed by atoms with Crippen molar-refractivity contribution in [1.82, 2.24) is 14.4 Å². The van der Waals surface area contributed by atoms with E-state index in [1.807, 2.05) is 13.8 Å². The maximum atomic E-state index is 4.46. The minimum atomic E-state index is 0.840. The first-order chi connectivity index (χ1) is 6.52. The van der Waals surface area contributed by atoms with Crippen molar-refractivity contribution in [3.8, 4) is 0 Å². The molecule has 2 heterocycles. The van der Waals surface area contributed by atoms with Crippen LogP contribution in [0.5, 0.6) is 0 Å². The number of hydrogen-bond acceptors (Lipinski definition) is 2. The Hall–Kier alpha value is -0.650. The van der Waals surface area contributed by atoms with Crippen molar-refractivity contribution in [2.24, 2.45) is 0 Å². The molecule has 2 aromatic rings. The Bertz CT molecular complexity index is 514. The van der Waals surface area contributed by atoms with E-state index in [1.54, 1.807) is 0 Å². The Morgan fingerprint density at radius 3 is 2.36 bits per heavy atom. The standard InChI is InChI=1S/C10H12IN3/c1-5-9(11)6(2)14-8(4)12-7(3)13-10(5)14/h1-4H3. The quantitative estimate of drug-likeness (QED) is 0.700. The fraction of sp³-hybridized carbons (Fsp3) is 0.400. The average Bonchev–Trinajstić information content (AvgIpc) is 2.31. The lowest BCUT2D eigenvalue weighted by atomic mass is 10.3. The number of aryl methyl sites for hydroxylation is 4. The molecular weight excluding hydrogens is 289 g/mol. The number of aromatic nitrogens is 3. The highest BCUT2D eigenvalue weighted by Crippen LogP contribution is 2.23. The minimum absolute atomic E-state index is 0.840. The van der Waals surface area contributed by atoms with Crippen molar-refractivity contribution in [3.63, 3.8) is 0 Å². The van der Waals surface area contributed by atoms with Gasteiger partial charge in [-0.3, -0.25) is 4.40 Å². The van der Waals surface area contributed by atoms with Gasteiger partial charge in [0.15, 0.2) is 0 Å². The zero-order valence-corrected chi connectivity index (χ0v) is 10.9. The minimum Gasteiger partial charge on any atom is -0.285 e. The fourth-order valence-corrected chi connectivity index (χ4v) is 2.27. The first-order valence-corrected chi connectivity index (χ1v) is 5.58. The number of halogens is 1. The van der Waals surface area contributed by atoms with Gasteiger partial charge < -0.3 is 0 Å². The van der Waals surface area contributed by atoms with Crippen LogP contribution < -0.4 is 0 Å². The van der Waals surface area contributed by atoms with Crippen molar-refractivity contribution in [3.05, 3.63) is 26.5 Å². The topological polar surface area (TPSA) is 30.2 Å². The highest BCUT2D eigenvalue weighted by Gasteiger charge is 2.13. The fourth-order valence-electron chi connectivity index (χ4n) is 1.79. The predicted octanol–water partition coefficient (Wildman–Crippen LogP) is 2.57. The molecule has 4 heteroatoms. The third kappa shape index (κ3) is 1.24. The molecule has 0 bridgehead atoms. The number of hydrogen-bond donors (Lipinski definition) is 0. The molecule has 2 aromatic heterocycles. The van der Waals surface area contributed by atoms with E-state index in [0.717, 1.165) is 17.3 Å². The average molecular weight is 301 g/mol. The second-order valence-electron chi connectivity index (χ2n) is 3.50. The smallest absolute Gasteiger partial charge is 0.144 e. The molecular formula is C10H12IN3. The first kappa shape index (κ1) is 9.89. The second-order valence-corrected chi connectivity index (χ2v) is 4.58. The van der Waals surface area contributed by atoms with Crippen molar-refractivity contribution >= 4 is 28.2 Å². The maximum Gasteiger partial charge on any atom is 0.144 e. The Balaban J connectivity index is 3.02. The van der Waals surface area contributed by atoms with Crippen LogP contribution in [0.15, 0.2) is 0 Å². The lowest BCUT2D eigenvalue weighted by molar-refractivity contribution is 0.883. The van der Waals surface area contributed by atoms with Crippen molar-refractivity contribution in [2.45, 2.75) is 27.7 Å². The molecule has 0 spiro atoms. The summed E-state index contributed by atoms with van der Waals surface area (Å²) in [4.78, 5) is 8.83. The second kappa shape index (κ2) is 3.18. The largest absolute Gasteiger partial charge is 0.285 e. The van der Waals surface area contributed by atoms with Gasteiger partial charge in [-0.05, 0) is 50.3 Å². The van der Waals surface area contributed by atoms with Crippen LogP contribution in [0.4, 0.5) is 0 Å². The molecule has 0 radical (unpaired) electrons. The summed E-state index contributed by atoms with van der Waals surface area (Å²) in [6.07, 6.45) is 0. The van der Waals surface area contributed by atoms with Crippen molar-refractivity contribution in [2.75, 3.05) is 0 Å². The molecule has 0 unspecified atom stereocenters. The Morgan fingerprint density at radius 1 is 1.07 bits per heavy atom. The molecule has 0 aromatic carbocycles. The van der Waals surface area contributed by atoms with Gasteiger partial charge in [0.25, 0.3) is 0 Å². The van der Waals surface area contributed by atoms with E-state index in [0.29, 0.717) is 0 Å². The Kier molecular flexibility index (Phi) is 2.25. The van der Waals surface area contributed by atoms with Crippen LogP contribution in [-0.4, -0.2) is 14.4 Å². The molecule has 74 valence electrons. The van der Waals surface area contributed by atoms with Crippen LogP contribution in [0.2, 0.25) is 0 Å². The highest BCUT2D eigenvalue weighted by atomic mass is 127. The molecule has 0 aliphatic heterocycles. The summed E-state index contributed by atoms with van der Waals surface area (Å²) in [5.41, 5.74) is 3.52. The molecule has 0 saturated heterocycles. The predicted molar refractivity (Wildman–Crippen MR) is 64.7 cm³/mol. The van der Waals surface area contributed by atoms with Crippen LogP contribution >= 0.6 is 22.6 Å². The van der Waals surface area contributed by atoms with Gasteiger partial charge in [0.05, 0.1) is 0 Å². The molecule has 0 fully saturated rings. The number of rotatable bonds is 0. The van der Waals surface area contributed by atoms with Crippen LogP contribution in [0, 0.1) is 31.3 Å². The van der Waals surface area contributed by atoms with Crippen LogP contribution in [0.1, 0.15) is 22.9 Å². The normalized spacial score (nSPS) is 11.2. The van der Waals surface area contributed by atoms with E-state index in [-0.39, 0.29) is 0 Å². The summed E-state index contributed by atoms with van der Waals surface area (Å²) in [7, 11) is 0. The van der Waals surface area contributed by atoms with Gasteiger partial charge in [0.1, 0.15) is 17.3 Å². The van der Waals surface area contributed by atoms with Crippen LogP contribution in [0.25, 0.3) is 5.65 Å². The molecule has 0 aliphatic carbocycles. The van der Waals surface area contributed by atoms with Gasteiger partial charge in [0, 0.05) is 14.8 Å². The molecule has 2 rings (SSSR count). The highest BCUT2D eigenvalue weighted by molar-refractivity contribution is 14.1. The third-order valence-corrected chi connectivity index (χ3v) is 4.03. The summed E-state index contributed by atoms with van der Waals surface area (Å²) in [6.45, 7) is 8.16. The van der Waals surface area contributed by atoms with Gasteiger partial charge in [-0.25, -0.2) is 9.97 Å². The summed E-state index contributed by atoms with van der Waals surface area (Å²) in [6, 6.07) is 0. The number of fused-ring (bicyclic) bond motifs is 1. The summed E-state index contributed by atoms with van der Waals surface area (Å²) in [5.74, 6) is 1.85.